The molecule has 0 saturated carbocycles. The van der Waals surface area contributed by atoms with Crippen LogP contribution in [0.25, 0.3) is 0 Å². The highest BCUT2D eigenvalue weighted by Gasteiger charge is 2.23. The Bertz CT molecular complexity index is 730. The van der Waals surface area contributed by atoms with Crippen LogP contribution in [0, 0.1) is 0 Å². The lowest BCUT2D eigenvalue weighted by Crippen LogP contribution is -2.07. The zero-order valence-corrected chi connectivity index (χ0v) is 14.4. The van der Waals surface area contributed by atoms with Gasteiger partial charge in [-0.3, -0.25) is 0 Å². The molecule has 2 aromatic rings. The molecule has 0 aliphatic carbocycles. The molecule has 0 fully saturated rings. The summed E-state index contributed by atoms with van der Waals surface area (Å²) in [6.07, 6.45) is 0.737. The van der Waals surface area contributed by atoms with E-state index in [2.05, 4.69) is 12.1 Å². The zero-order valence-electron chi connectivity index (χ0n) is 12.8. The topological polar surface area (TPSA) is 35.5 Å². The van der Waals surface area contributed by atoms with E-state index in [-0.39, 0.29) is 5.97 Å². The minimum absolute atomic E-state index is 0.331. The van der Waals surface area contributed by atoms with E-state index in [4.69, 9.17) is 21.1 Å². The van der Waals surface area contributed by atoms with Crippen molar-refractivity contribution in [2.75, 3.05) is 18.7 Å². The summed E-state index contributed by atoms with van der Waals surface area (Å²) in [5.41, 5.74) is 4.01. The van der Waals surface area contributed by atoms with Crippen LogP contribution in [0.3, 0.4) is 0 Å². The SMILES string of the molecule is COC(=O)c1ccc2c(c1SCCCl)Cc1ccccc1CO2. The van der Waals surface area contributed by atoms with E-state index in [9.17, 15) is 4.79 Å². The van der Waals surface area contributed by atoms with E-state index in [0.29, 0.717) is 18.1 Å². The number of methoxy groups -OCH3 is 1. The van der Waals surface area contributed by atoms with Crippen molar-refractivity contribution in [1.82, 2.24) is 0 Å². The van der Waals surface area contributed by atoms with Gasteiger partial charge in [0.25, 0.3) is 0 Å². The highest BCUT2D eigenvalue weighted by molar-refractivity contribution is 7.99. The van der Waals surface area contributed by atoms with Crippen LogP contribution in [-0.2, 0) is 17.8 Å². The molecule has 1 aliphatic heterocycles. The lowest BCUT2D eigenvalue weighted by Gasteiger charge is -2.15. The molecular formula is C18H17ClO3S. The Kier molecular flexibility index (Phi) is 5.13. The first-order valence-electron chi connectivity index (χ1n) is 7.37. The van der Waals surface area contributed by atoms with E-state index in [0.717, 1.165) is 28.4 Å². The fourth-order valence-corrected chi connectivity index (χ4v) is 3.87. The lowest BCUT2D eigenvalue weighted by atomic mass is 9.99. The van der Waals surface area contributed by atoms with Crippen LogP contribution >= 0.6 is 23.4 Å². The Hall–Kier alpha value is -1.65. The molecule has 0 radical (unpaired) electrons. The number of carbonyl (C=O) groups is 1. The van der Waals surface area contributed by atoms with E-state index in [1.54, 1.807) is 17.8 Å². The molecule has 3 rings (SSSR count). The van der Waals surface area contributed by atoms with Crippen LogP contribution in [-0.4, -0.2) is 24.7 Å². The molecule has 0 saturated heterocycles. The number of hydrogen-bond acceptors (Lipinski definition) is 4. The summed E-state index contributed by atoms with van der Waals surface area (Å²) >= 11 is 7.42. The van der Waals surface area contributed by atoms with Crippen LogP contribution in [0.15, 0.2) is 41.3 Å². The number of hydrogen-bond donors (Lipinski definition) is 0. The van der Waals surface area contributed by atoms with Crippen molar-refractivity contribution < 1.29 is 14.3 Å². The van der Waals surface area contributed by atoms with Crippen LogP contribution in [0.1, 0.15) is 27.0 Å². The number of ether oxygens (including phenoxy) is 2. The number of alkyl halides is 1. The largest absolute Gasteiger partial charge is 0.489 e. The minimum Gasteiger partial charge on any atom is -0.489 e. The Balaban J connectivity index is 2.10. The molecule has 2 aromatic carbocycles. The van der Waals surface area contributed by atoms with Crippen molar-refractivity contribution in [3.8, 4) is 5.75 Å². The number of halogens is 1. The number of benzene rings is 2. The first kappa shape index (κ1) is 16.2. The third-order valence-electron chi connectivity index (χ3n) is 3.82. The van der Waals surface area contributed by atoms with Gasteiger partial charge in [-0.15, -0.1) is 23.4 Å². The van der Waals surface area contributed by atoms with Gasteiger partial charge in [0.1, 0.15) is 12.4 Å². The molecule has 0 spiro atoms. The fourth-order valence-electron chi connectivity index (χ4n) is 2.71. The molecule has 0 aromatic heterocycles. The minimum atomic E-state index is -0.331. The van der Waals surface area contributed by atoms with Gasteiger partial charge in [-0.25, -0.2) is 4.79 Å². The number of rotatable bonds is 4. The Morgan fingerprint density at radius 3 is 2.78 bits per heavy atom. The average Bonchev–Trinajstić information content (AvgIpc) is 2.78. The van der Waals surface area contributed by atoms with Crippen LogP contribution in [0.2, 0.25) is 0 Å². The standard InChI is InChI=1S/C18H17ClO3S/c1-21-18(20)14-6-7-16-15(17(14)23-9-8-19)10-12-4-2-3-5-13(12)11-22-16/h2-7H,8-11H2,1H3. The van der Waals surface area contributed by atoms with Gasteiger partial charge < -0.3 is 9.47 Å². The third-order valence-corrected chi connectivity index (χ3v) is 5.39. The van der Waals surface area contributed by atoms with E-state index >= 15 is 0 Å². The molecule has 0 atom stereocenters. The second kappa shape index (κ2) is 7.28. The van der Waals surface area contributed by atoms with Gasteiger partial charge in [0, 0.05) is 28.5 Å². The summed E-state index contributed by atoms with van der Waals surface area (Å²) < 4.78 is 10.9. The van der Waals surface area contributed by atoms with Gasteiger partial charge in [-0.05, 0) is 23.3 Å². The summed E-state index contributed by atoms with van der Waals surface area (Å²) in [4.78, 5) is 13.0. The fraction of sp³-hybridized carbons (Fsp3) is 0.278. The van der Waals surface area contributed by atoms with Crippen LogP contribution < -0.4 is 4.74 Å². The molecule has 5 heteroatoms. The lowest BCUT2D eigenvalue weighted by molar-refractivity contribution is 0.0596. The summed E-state index contributed by atoms with van der Waals surface area (Å²) in [6, 6.07) is 11.9. The maximum Gasteiger partial charge on any atom is 0.339 e. The van der Waals surface area contributed by atoms with Crippen LogP contribution in [0.4, 0.5) is 0 Å². The molecule has 0 unspecified atom stereocenters. The second-order valence-corrected chi connectivity index (χ2v) is 6.67. The first-order chi connectivity index (χ1) is 11.2. The maximum atomic E-state index is 12.1. The Labute approximate surface area is 144 Å². The van der Waals surface area contributed by atoms with Crippen molar-refractivity contribution in [2.45, 2.75) is 17.9 Å². The summed E-state index contributed by atoms with van der Waals surface area (Å²) in [6.45, 7) is 0.542. The van der Waals surface area contributed by atoms with E-state index in [1.807, 2.05) is 18.2 Å². The molecule has 0 bridgehead atoms. The monoisotopic (exact) mass is 348 g/mol. The van der Waals surface area contributed by atoms with Gasteiger partial charge in [0.2, 0.25) is 0 Å². The molecule has 0 N–H and O–H groups in total. The van der Waals surface area contributed by atoms with Crippen molar-refractivity contribution in [3.05, 3.63) is 58.7 Å². The Morgan fingerprint density at radius 2 is 2.04 bits per heavy atom. The van der Waals surface area contributed by atoms with Crippen molar-refractivity contribution >= 4 is 29.3 Å². The van der Waals surface area contributed by atoms with E-state index in [1.165, 1.54) is 18.2 Å². The average molecular weight is 349 g/mol. The number of esters is 1. The number of thioether (sulfide) groups is 1. The maximum absolute atomic E-state index is 12.1. The molecule has 1 heterocycles. The molecular weight excluding hydrogens is 332 g/mol. The van der Waals surface area contributed by atoms with Gasteiger partial charge in [-0.1, -0.05) is 24.3 Å². The molecule has 0 amide bonds. The van der Waals surface area contributed by atoms with Crippen molar-refractivity contribution in [3.63, 3.8) is 0 Å². The highest BCUT2D eigenvalue weighted by Crippen LogP contribution is 2.38. The number of fused-ring (bicyclic) bond motifs is 2. The first-order valence-corrected chi connectivity index (χ1v) is 8.89. The van der Waals surface area contributed by atoms with Crippen molar-refractivity contribution in [2.24, 2.45) is 0 Å². The van der Waals surface area contributed by atoms with Gasteiger partial charge in [0.05, 0.1) is 12.7 Å². The summed E-state index contributed by atoms with van der Waals surface area (Å²) in [5, 5.41) is 0. The number of carbonyl (C=O) groups excluding carboxylic acids is 1. The van der Waals surface area contributed by atoms with Crippen LogP contribution in [0.5, 0.6) is 5.75 Å². The summed E-state index contributed by atoms with van der Waals surface area (Å²) in [7, 11) is 1.40. The smallest absolute Gasteiger partial charge is 0.339 e. The zero-order chi connectivity index (χ0) is 16.2. The van der Waals surface area contributed by atoms with Gasteiger partial charge >= 0.3 is 5.97 Å². The third kappa shape index (κ3) is 3.33. The van der Waals surface area contributed by atoms with Crippen molar-refractivity contribution in [1.29, 1.82) is 0 Å². The quantitative estimate of drug-likeness (QED) is 0.469. The summed E-state index contributed by atoms with van der Waals surface area (Å²) in [5.74, 6) is 1.74. The predicted octanol–water partition coefficient (Wildman–Crippen LogP) is 4.29. The van der Waals surface area contributed by atoms with E-state index < -0.39 is 0 Å². The molecule has 1 aliphatic rings. The Morgan fingerprint density at radius 1 is 1.26 bits per heavy atom. The molecule has 120 valence electrons. The normalized spacial score (nSPS) is 12.6. The second-order valence-electron chi connectivity index (χ2n) is 5.18. The molecule has 23 heavy (non-hydrogen) atoms. The highest BCUT2D eigenvalue weighted by atomic mass is 35.5. The molecule has 3 nitrogen and oxygen atoms in total. The van der Waals surface area contributed by atoms with Gasteiger partial charge in [0.15, 0.2) is 0 Å². The van der Waals surface area contributed by atoms with Gasteiger partial charge in [-0.2, -0.15) is 0 Å². The predicted molar refractivity (Wildman–Crippen MR) is 92.8 cm³/mol.